The molecule has 106 valence electrons. The lowest BCUT2D eigenvalue weighted by molar-refractivity contribution is 0.411. The van der Waals surface area contributed by atoms with Crippen molar-refractivity contribution in [2.24, 2.45) is 0 Å². The monoisotopic (exact) mass is 300 g/mol. The maximum absolute atomic E-state index is 12.1. The number of halogens is 1. The Labute approximate surface area is 126 Å². The van der Waals surface area contributed by atoms with Crippen LogP contribution >= 0.6 is 11.6 Å². The molecule has 4 nitrogen and oxygen atoms in total. The first kappa shape index (κ1) is 13.6. The van der Waals surface area contributed by atoms with Crippen LogP contribution in [-0.2, 0) is 5.88 Å². The van der Waals surface area contributed by atoms with Crippen LogP contribution in [0.5, 0.6) is 5.75 Å². The number of nitrogens with zero attached hydrogens (tertiary/aromatic N) is 1. The first-order chi connectivity index (χ1) is 10.2. The van der Waals surface area contributed by atoms with Gasteiger partial charge in [0.2, 0.25) is 0 Å². The van der Waals surface area contributed by atoms with Crippen molar-refractivity contribution in [2.45, 2.75) is 5.88 Å². The van der Waals surface area contributed by atoms with E-state index in [9.17, 15) is 4.79 Å². The molecule has 21 heavy (non-hydrogen) atoms. The molecule has 0 atom stereocenters. The lowest BCUT2D eigenvalue weighted by Gasteiger charge is -2.08. The van der Waals surface area contributed by atoms with E-state index < -0.39 is 0 Å². The van der Waals surface area contributed by atoms with Crippen LogP contribution in [0.25, 0.3) is 22.3 Å². The molecule has 5 heteroatoms. The molecule has 0 aliphatic heterocycles. The van der Waals surface area contributed by atoms with Crippen molar-refractivity contribution in [3.63, 3.8) is 0 Å². The zero-order valence-corrected chi connectivity index (χ0v) is 12.1. The SMILES string of the molecule is COc1ccc(-c2nc3ccccc3c(=O)[nH]2)cc1CCl. The second kappa shape index (κ2) is 5.58. The van der Waals surface area contributed by atoms with Gasteiger partial charge in [-0.1, -0.05) is 12.1 Å². The molecule has 0 radical (unpaired) electrons. The van der Waals surface area contributed by atoms with Crippen LogP contribution in [-0.4, -0.2) is 17.1 Å². The summed E-state index contributed by atoms with van der Waals surface area (Å²) in [5.41, 5.74) is 2.17. The number of methoxy groups -OCH3 is 1. The number of hydrogen-bond acceptors (Lipinski definition) is 3. The molecular weight excluding hydrogens is 288 g/mol. The highest BCUT2D eigenvalue weighted by molar-refractivity contribution is 6.17. The van der Waals surface area contributed by atoms with Gasteiger partial charge in [0.25, 0.3) is 5.56 Å². The van der Waals surface area contributed by atoms with Crippen LogP contribution in [0.2, 0.25) is 0 Å². The van der Waals surface area contributed by atoms with E-state index in [2.05, 4.69) is 9.97 Å². The molecule has 2 aromatic carbocycles. The Kier molecular flexibility index (Phi) is 3.62. The van der Waals surface area contributed by atoms with E-state index in [1.165, 1.54) is 0 Å². The average molecular weight is 301 g/mol. The van der Waals surface area contributed by atoms with E-state index in [-0.39, 0.29) is 5.56 Å². The van der Waals surface area contributed by atoms with Gasteiger partial charge in [0, 0.05) is 11.1 Å². The number of hydrogen-bond donors (Lipinski definition) is 1. The third-order valence-corrected chi connectivity index (χ3v) is 3.60. The summed E-state index contributed by atoms with van der Waals surface area (Å²) in [6, 6.07) is 12.8. The Hall–Kier alpha value is -2.33. The first-order valence-corrected chi connectivity index (χ1v) is 6.98. The van der Waals surface area contributed by atoms with Crippen molar-refractivity contribution in [2.75, 3.05) is 7.11 Å². The van der Waals surface area contributed by atoms with Gasteiger partial charge in [-0.2, -0.15) is 0 Å². The normalized spacial score (nSPS) is 10.8. The third kappa shape index (κ3) is 2.50. The standard InChI is InChI=1S/C16H13ClN2O2/c1-21-14-7-6-10(8-11(14)9-17)15-18-13-5-3-2-4-12(13)16(20)19-15/h2-8H,9H2,1H3,(H,18,19,20). The van der Waals surface area contributed by atoms with Crippen molar-refractivity contribution in [1.29, 1.82) is 0 Å². The number of para-hydroxylation sites is 1. The van der Waals surface area contributed by atoms with Crippen molar-refractivity contribution in [3.05, 3.63) is 58.4 Å². The molecule has 1 heterocycles. The summed E-state index contributed by atoms with van der Waals surface area (Å²) < 4.78 is 5.24. The lowest BCUT2D eigenvalue weighted by atomic mass is 10.1. The molecule has 3 aromatic rings. The molecule has 0 saturated carbocycles. The number of aromatic amines is 1. The van der Waals surface area contributed by atoms with Crippen molar-refractivity contribution >= 4 is 22.5 Å². The van der Waals surface area contributed by atoms with E-state index in [1.54, 1.807) is 13.2 Å². The minimum absolute atomic E-state index is 0.154. The highest BCUT2D eigenvalue weighted by atomic mass is 35.5. The van der Waals surface area contributed by atoms with E-state index in [4.69, 9.17) is 16.3 Å². The average Bonchev–Trinajstić information content (AvgIpc) is 2.54. The van der Waals surface area contributed by atoms with E-state index >= 15 is 0 Å². The maximum atomic E-state index is 12.1. The quantitative estimate of drug-likeness (QED) is 0.755. The van der Waals surface area contributed by atoms with E-state index in [1.807, 2.05) is 36.4 Å². The first-order valence-electron chi connectivity index (χ1n) is 6.45. The van der Waals surface area contributed by atoms with Crippen LogP contribution in [0, 0.1) is 0 Å². The smallest absolute Gasteiger partial charge is 0.259 e. The third-order valence-electron chi connectivity index (χ3n) is 3.31. The molecule has 0 spiro atoms. The van der Waals surface area contributed by atoms with Crippen LogP contribution in [0.1, 0.15) is 5.56 Å². The van der Waals surface area contributed by atoms with Gasteiger partial charge in [0.1, 0.15) is 11.6 Å². The highest BCUT2D eigenvalue weighted by Crippen LogP contribution is 2.26. The molecule has 0 saturated heterocycles. The number of aromatic nitrogens is 2. The number of benzene rings is 2. The summed E-state index contributed by atoms with van der Waals surface area (Å²) in [4.78, 5) is 19.4. The summed E-state index contributed by atoms with van der Waals surface area (Å²) in [5, 5.41) is 0.576. The highest BCUT2D eigenvalue weighted by Gasteiger charge is 2.09. The van der Waals surface area contributed by atoms with Crippen LogP contribution in [0.4, 0.5) is 0 Å². The topological polar surface area (TPSA) is 55.0 Å². The molecule has 0 aliphatic rings. The molecule has 0 amide bonds. The van der Waals surface area contributed by atoms with Crippen molar-refractivity contribution < 1.29 is 4.74 Å². The minimum atomic E-state index is -0.154. The zero-order chi connectivity index (χ0) is 14.8. The van der Waals surface area contributed by atoms with Gasteiger partial charge in [0.15, 0.2) is 0 Å². The number of ether oxygens (including phenoxy) is 1. The van der Waals surface area contributed by atoms with Crippen molar-refractivity contribution in [3.8, 4) is 17.1 Å². The molecule has 0 aliphatic carbocycles. The van der Waals surface area contributed by atoms with Gasteiger partial charge in [-0.25, -0.2) is 4.98 Å². The molecule has 1 N–H and O–H groups in total. The number of nitrogens with one attached hydrogen (secondary N) is 1. The van der Waals surface area contributed by atoms with Gasteiger partial charge in [-0.3, -0.25) is 4.79 Å². The molecule has 1 aromatic heterocycles. The predicted octanol–water partition coefficient (Wildman–Crippen LogP) is 3.34. The zero-order valence-electron chi connectivity index (χ0n) is 11.4. The Balaban J connectivity index is 2.18. The van der Waals surface area contributed by atoms with Gasteiger partial charge in [0.05, 0.1) is 23.9 Å². The fourth-order valence-corrected chi connectivity index (χ4v) is 2.46. The fourth-order valence-electron chi connectivity index (χ4n) is 2.25. The number of fused-ring (bicyclic) bond motifs is 1. The van der Waals surface area contributed by atoms with E-state index in [0.29, 0.717) is 22.6 Å². The Morgan fingerprint density at radius 1 is 1.24 bits per heavy atom. The summed E-state index contributed by atoms with van der Waals surface area (Å²) in [6.45, 7) is 0. The summed E-state index contributed by atoms with van der Waals surface area (Å²) in [7, 11) is 1.60. The van der Waals surface area contributed by atoms with Crippen LogP contribution in [0.3, 0.4) is 0 Å². The molecule has 3 rings (SSSR count). The summed E-state index contributed by atoms with van der Waals surface area (Å²) in [6.07, 6.45) is 0. The van der Waals surface area contributed by atoms with E-state index in [0.717, 1.165) is 16.9 Å². The largest absolute Gasteiger partial charge is 0.496 e. The number of H-pyrrole nitrogens is 1. The van der Waals surface area contributed by atoms with Crippen LogP contribution in [0.15, 0.2) is 47.3 Å². The summed E-state index contributed by atoms with van der Waals surface area (Å²) >= 11 is 5.92. The number of alkyl halides is 1. The van der Waals surface area contributed by atoms with Crippen LogP contribution < -0.4 is 10.3 Å². The second-order valence-corrected chi connectivity index (χ2v) is 4.86. The minimum Gasteiger partial charge on any atom is -0.496 e. The van der Waals surface area contributed by atoms with Crippen molar-refractivity contribution in [1.82, 2.24) is 9.97 Å². The Morgan fingerprint density at radius 3 is 2.81 bits per heavy atom. The van der Waals surface area contributed by atoms with Gasteiger partial charge < -0.3 is 9.72 Å². The second-order valence-electron chi connectivity index (χ2n) is 4.59. The lowest BCUT2D eigenvalue weighted by Crippen LogP contribution is -2.09. The fraction of sp³-hybridized carbons (Fsp3) is 0.125. The Morgan fingerprint density at radius 2 is 2.05 bits per heavy atom. The summed E-state index contributed by atoms with van der Waals surface area (Å²) in [5.74, 6) is 1.57. The molecule has 0 bridgehead atoms. The Bertz CT molecular complexity index is 858. The number of rotatable bonds is 3. The van der Waals surface area contributed by atoms with Gasteiger partial charge >= 0.3 is 0 Å². The predicted molar refractivity (Wildman–Crippen MR) is 83.9 cm³/mol. The molecule has 0 fully saturated rings. The maximum Gasteiger partial charge on any atom is 0.259 e. The molecule has 0 unspecified atom stereocenters. The molecular formula is C16H13ClN2O2. The van der Waals surface area contributed by atoms with Gasteiger partial charge in [-0.15, -0.1) is 11.6 Å². The van der Waals surface area contributed by atoms with Gasteiger partial charge in [-0.05, 0) is 30.3 Å².